The normalized spacial score (nSPS) is 19.8. The number of benzene rings is 1. The van der Waals surface area contributed by atoms with Crippen molar-refractivity contribution in [2.75, 3.05) is 7.05 Å². The van der Waals surface area contributed by atoms with E-state index in [1.165, 1.54) is 36.8 Å². The van der Waals surface area contributed by atoms with Gasteiger partial charge >= 0.3 is 0 Å². The number of likely N-dealkylation sites (N-methyl/N-ethyl adjacent to an activating group) is 1. The maximum Gasteiger partial charge on any atom is 0.0158 e. The molecule has 0 aliphatic heterocycles. The zero-order valence-electron chi connectivity index (χ0n) is 13.0. The molecule has 0 bridgehead atoms. The summed E-state index contributed by atoms with van der Waals surface area (Å²) in [5.41, 5.74) is 3.40. The lowest BCUT2D eigenvalue weighted by molar-refractivity contribution is 0.229. The van der Waals surface area contributed by atoms with Crippen molar-refractivity contribution in [3.63, 3.8) is 0 Å². The Hall–Kier alpha value is -0.820. The Bertz CT molecular complexity index is 385. The van der Waals surface area contributed by atoms with E-state index in [9.17, 15) is 0 Å². The highest BCUT2D eigenvalue weighted by Crippen LogP contribution is 2.41. The highest BCUT2D eigenvalue weighted by Gasteiger charge is 2.35. The second-order valence-corrected chi connectivity index (χ2v) is 6.80. The first-order valence-electron chi connectivity index (χ1n) is 7.81. The minimum atomic E-state index is 0.492. The second-order valence-electron chi connectivity index (χ2n) is 6.80. The van der Waals surface area contributed by atoms with E-state index >= 15 is 0 Å². The van der Waals surface area contributed by atoms with E-state index in [1.807, 2.05) is 0 Å². The van der Waals surface area contributed by atoms with Crippen molar-refractivity contribution in [3.05, 3.63) is 35.4 Å². The van der Waals surface area contributed by atoms with Gasteiger partial charge in [0.1, 0.15) is 0 Å². The first-order valence-corrected chi connectivity index (χ1v) is 7.81. The molecule has 0 amide bonds. The summed E-state index contributed by atoms with van der Waals surface area (Å²) in [6.07, 6.45) is 6.72. The predicted octanol–water partition coefficient (Wildman–Crippen LogP) is 4.52. The topological polar surface area (TPSA) is 12.0 Å². The monoisotopic (exact) mass is 259 g/mol. The van der Waals surface area contributed by atoms with Crippen molar-refractivity contribution in [2.24, 2.45) is 5.41 Å². The second kappa shape index (κ2) is 6.09. The molecule has 1 aliphatic carbocycles. The summed E-state index contributed by atoms with van der Waals surface area (Å²) < 4.78 is 0. The van der Waals surface area contributed by atoms with Crippen LogP contribution >= 0.6 is 0 Å². The van der Waals surface area contributed by atoms with E-state index in [2.05, 4.69) is 57.4 Å². The Morgan fingerprint density at radius 2 is 1.68 bits per heavy atom. The van der Waals surface area contributed by atoms with Crippen LogP contribution in [0.2, 0.25) is 0 Å². The van der Waals surface area contributed by atoms with Gasteiger partial charge in [0, 0.05) is 6.04 Å². The molecule has 1 nitrogen and oxygen atoms in total. The van der Waals surface area contributed by atoms with E-state index in [-0.39, 0.29) is 0 Å². The Balaban J connectivity index is 2.05. The molecule has 1 heteroatoms. The average Bonchev–Trinajstić information content (AvgIpc) is 2.84. The van der Waals surface area contributed by atoms with Crippen LogP contribution in [0.3, 0.4) is 0 Å². The number of nitrogens with one attached hydrogen (secondary N) is 1. The Labute approximate surface area is 118 Å². The lowest BCUT2D eigenvalue weighted by Gasteiger charge is -2.34. The summed E-state index contributed by atoms with van der Waals surface area (Å²) in [6.45, 7) is 6.97. The van der Waals surface area contributed by atoms with Gasteiger partial charge in [0.25, 0.3) is 0 Å². The highest BCUT2D eigenvalue weighted by atomic mass is 14.9. The van der Waals surface area contributed by atoms with Crippen molar-refractivity contribution < 1.29 is 0 Å². The molecule has 106 valence electrons. The Morgan fingerprint density at radius 1 is 1.11 bits per heavy atom. The van der Waals surface area contributed by atoms with Crippen molar-refractivity contribution >= 4 is 0 Å². The van der Waals surface area contributed by atoms with Gasteiger partial charge in [-0.25, -0.2) is 0 Å². The third kappa shape index (κ3) is 3.39. The van der Waals surface area contributed by atoms with Crippen LogP contribution in [0.4, 0.5) is 0 Å². The van der Waals surface area contributed by atoms with Crippen molar-refractivity contribution in [1.29, 1.82) is 0 Å². The summed E-state index contributed by atoms with van der Waals surface area (Å²) in [6, 6.07) is 9.84. The molecule has 1 saturated carbocycles. The standard InChI is InChI=1S/C18H29N/c1-14(2)16-9-7-15(8-10-16)13-17(19-4)18(3)11-5-6-12-18/h7-10,14,17,19H,5-6,11-13H2,1-4H3. The molecule has 1 aliphatic rings. The van der Waals surface area contributed by atoms with Crippen LogP contribution in [-0.2, 0) is 6.42 Å². The van der Waals surface area contributed by atoms with Crippen LogP contribution in [-0.4, -0.2) is 13.1 Å². The summed E-state index contributed by atoms with van der Waals surface area (Å²) in [4.78, 5) is 0. The number of hydrogen-bond acceptors (Lipinski definition) is 1. The minimum absolute atomic E-state index is 0.492. The molecule has 1 aromatic rings. The fraction of sp³-hybridized carbons (Fsp3) is 0.667. The van der Waals surface area contributed by atoms with Crippen molar-refractivity contribution in [2.45, 2.75) is 64.8 Å². The van der Waals surface area contributed by atoms with Crippen LogP contribution in [0.5, 0.6) is 0 Å². The smallest absolute Gasteiger partial charge is 0.0158 e. The molecule has 19 heavy (non-hydrogen) atoms. The largest absolute Gasteiger partial charge is 0.316 e. The van der Waals surface area contributed by atoms with Gasteiger partial charge in [0.05, 0.1) is 0 Å². The van der Waals surface area contributed by atoms with E-state index < -0.39 is 0 Å². The van der Waals surface area contributed by atoms with Crippen LogP contribution in [0.25, 0.3) is 0 Å². The zero-order chi connectivity index (χ0) is 13.9. The maximum atomic E-state index is 3.57. The third-order valence-electron chi connectivity index (χ3n) is 5.02. The van der Waals surface area contributed by atoms with Crippen LogP contribution < -0.4 is 5.32 Å². The first-order chi connectivity index (χ1) is 9.05. The molecule has 0 saturated heterocycles. The highest BCUT2D eigenvalue weighted by molar-refractivity contribution is 5.25. The molecule has 1 unspecified atom stereocenters. The van der Waals surface area contributed by atoms with Gasteiger partial charge in [-0.3, -0.25) is 0 Å². The van der Waals surface area contributed by atoms with E-state index in [0.717, 1.165) is 6.42 Å². The SMILES string of the molecule is CNC(Cc1ccc(C(C)C)cc1)C1(C)CCCC1. The quantitative estimate of drug-likeness (QED) is 0.819. The molecular formula is C18H29N. The molecule has 0 radical (unpaired) electrons. The summed E-state index contributed by atoms with van der Waals surface area (Å²) in [5, 5.41) is 3.57. The predicted molar refractivity (Wildman–Crippen MR) is 83.7 cm³/mol. The van der Waals surface area contributed by atoms with Gasteiger partial charge in [-0.2, -0.15) is 0 Å². The summed E-state index contributed by atoms with van der Waals surface area (Å²) >= 11 is 0. The molecule has 2 rings (SSSR count). The van der Waals surface area contributed by atoms with Crippen LogP contribution in [0.15, 0.2) is 24.3 Å². The van der Waals surface area contributed by atoms with Crippen molar-refractivity contribution in [1.82, 2.24) is 5.32 Å². The summed E-state index contributed by atoms with van der Waals surface area (Å²) in [5.74, 6) is 0.626. The first kappa shape index (κ1) is 14.6. The summed E-state index contributed by atoms with van der Waals surface area (Å²) in [7, 11) is 2.12. The lowest BCUT2D eigenvalue weighted by Crippen LogP contribution is -2.41. The molecule has 1 aromatic carbocycles. The van der Waals surface area contributed by atoms with Gasteiger partial charge in [-0.1, -0.05) is 57.9 Å². The van der Waals surface area contributed by atoms with E-state index in [1.54, 1.807) is 0 Å². The Kier molecular flexibility index (Phi) is 4.67. The third-order valence-corrected chi connectivity index (χ3v) is 5.02. The van der Waals surface area contributed by atoms with E-state index in [4.69, 9.17) is 0 Å². The number of hydrogen-bond donors (Lipinski definition) is 1. The van der Waals surface area contributed by atoms with Gasteiger partial charge in [0.2, 0.25) is 0 Å². The Morgan fingerprint density at radius 3 is 2.16 bits per heavy atom. The van der Waals surface area contributed by atoms with Crippen LogP contribution in [0, 0.1) is 5.41 Å². The van der Waals surface area contributed by atoms with E-state index in [0.29, 0.717) is 17.4 Å². The molecule has 1 fully saturated rings. The molecule has 0 spiro atoms. The van der Waals surface area contributed by atoms with Crippen molar-refractivity contribution in [3.8, 4) is 0 Å². The molecule has 0 aromatic heterocycles. The minimum Gasteiger partial charge on any atom is -0.316 e. The van der Waals surface area contributed by atoms with Gasteiger partial charge in [0.15, 0.2) is 0 Å². The van der Waals surface area contributed by atoms with Gasteiger partial charge < -0.3 is 5.32 Å². The van der Waals surface area contributed by atoms with Gasteiger partial charge in [-0.15, -0.1) is 0 Å². The average molecular weight is 259 g/mol. The van der Waals surface area contributed by atoms with Crippen LogP contribution in [0.1, 0.15) is 63.5 Å². The lowest BCUT2D eigenvalue weighted by atomic mass is 9.78. The fourth-order valence-electron chi connectivity index (χ4n) is 3.50. The number of rotatable bonds is 5. The maximum absolute atomic E-state index is 3.57. The molecule has 0 heterocycles. The fourth-order valence-corrected chi connectivity index (χ4v) is 3.50. The molecular weight excluding hydrogens is 230 g/mol. The molecule has 1 atom stereocenters. The molecule has 1 N–H and O–H groups in total. The van der Waals surface area contributed by atoms with Gasteiger partial charge in [-0.05, 0) is 48.8 Å². The zero-order valence-corrected chi connectivity index (χ0v) is 13.0.